The van der Waals surface area contributed by atoms with Gasteiger partial charge in [0.1, 0.15) is 11.5 Å². The van der Waals surface area contributed by atoms with E-state index in [1.54, 1.807) is 6.07 Å². The van der Waals surface area contributed by atoms with Gasteiger partial charge in [0.2, 0.25) is 0 Å². The van der Waals surface area contributed by atoms with Crippen molar-refractivity contribution < 1.29 is 16.1 Å². The first kappa shape index (κ1) is 21.0. The molecule has 0 aliphatic carbocycles. The predicted molar refractivity (Wildman–Crippen MR) is 127 cm³/mol. The van der Waals surface area contributed by atoms with E-state index < -0.39 is 5.60 Å². The minimum absolute atomic E-state index is 0. The van der Waals surface area contributed by atoms with E-state index in [1.807, 2.05) is 68.3 Å². The molecule has 3 heterocycles. The van der Waals surface area contributed by atoms with Gasteiger partial charge in [0, 0.05) is 50.2 Å². The summed E-state index contributed by atoms with van der Waals surface area (Å²) in [7, 11) is 0. The first-order valence-corrected chi connectivity index (χ1v) is 11.4. The van der Waals surface area contributed by atoms with Gasteiger partial charge in [-0.1, -0.05) is 38.4 Å². The monoisotopic (exact) mass is 452 g/mol. The molecule has 0 unspecified atom stereocenters. The summed E-state index contributed by atoms with van der Waals surface area (Å²) in [4.78, 5) is 15.0. The summed E-state index contributed by atoms with van der Waals surface area (Å²) in [5.41, 5.74) is 2.75. The van der Waals surface area contributed by atoms with E-state index in [1.165, 1.54) is 0 Å². The van der Waals surface area contributed by atoms with E-state index in [-0.39, 0.29) is 18.5 Å². The highest BCUT2D eigenvalue weighted by Crippen LogP contribution is 2.46. The Morgan fingerprint density at radius 1 is 1.12 bits per heavy atom. The second kappa shape index (κ2) is 7.31. The average molecular weight is 453 g/mol. The molecule has 2 aliphatic rings. The molecule has 0 bridgehead atoms. The van der Waals surface area contributed by atoms with Crippen molar-refractivity contribution in [2.75, 3.05) is 13.1 Å². The van der Waals surface area contributed by atoms with Gasteiger partial charge in [0.15, 0.2) is 5.60 Å². The van der Waals surface area contributed by atoms with Crippen molar-refractivity contribution in [2.45, 2.75) is 44.6 Å². The van der Waals surface area contributed by atoms with Gasteiger partial charge in [-0.25, -0.2) is 0 Å². The van der Waals surface area contributed by atoms with Gasteiger partial charge in [-0.3, -0.25) is 4.79 Å². The van der Waals surface area contributed by atoms with Crippen LogP contribution in [0.5, 0.6) is 11.5 Å². The highest BCUT2D eigenvalue weighted by Gasteiger charge is 2.44. The van der Waals surface area contributed by atoms with Crippen LogP contribution in [0.2, 0.25) is 5.02 Å². The molecule has 5 rings (SSSR count). The van der Waals surface area contributed by atoms with E-state index in [9.17, 15) is 9.90 Å². The molecule has 1 fully saturated rings. The Morgan fingerprint density at radius 3 is 2.56 bits per heavy atom. The zero-order valence-corrected chi connectivity index (χ0v) is 19.3. The number of fused-ring (bicyclic) bond motifs is 4. The second-order valence-electron chi connectivity index (χ2n) is 9.75. The maximum Gasteiger partial charge on any atom is 0.253 e. The molecule has 168 valence electrons. The molecule has 32 heavy (non-hydrogen) atoms. The van der Waals surface area contributed by atoms with Crippen LogP contribution in [-0.4, -0.2) is 33.6 Å². The average Bonchev–Trinajstić information content (AvgIpc) is 3.24. The molecule has 0 radical (unpaired) electrons. The SMILES string of the molecule is CC(C)(C)c1ccc(C(=O)N2CCC3(CC2)Oc2cc(Cl)ccc2-n2cccc23)cc1O.[HH]. The van der Waals surface area contributed by atoms with Crippen LogP contribution in [0.3, 0.4) is 0 Å². The summed E-state index contributed by atoms with van der Waals surface area (Å²) in [5.74, 6) is 0.868. The largest absolute Gasteiger partial charge is 0.508 e. The van der Waals surface area contributed by atoms with Crippen molar-refractivity contribution in [2.24, 2.45) is 0 Å². The first-order valence-electron chi connectivity index (χ1n) is 11.0. The highest BCUT2D eigenvalue weighted by molar-refractivity contribution is 6.30. The molecule has 0 saturated carbocycles. The molecule has 2 aromatic carbocycles. The minimum Gasteiger partial charge on any atom is -0.508 e. The number of rotatable bonds is 1. The van der Waals surface area contributed by atoms with Crippen LogP contribution >= 0.6 is 11.6 Å². The van der Waals surface area contributed by atoms with Crippen LogP contribution in [0.25, 0.3) is 5.69 Å². The Hall–Kier alpha value is -2.92. The number of piperidine rings is 1. The number of hydrogen-bond donors (Lipinski definition) is 1. The second-order valence-corrected chi connectivity index (χ2v) is 10.2. The molecule has 2 aliphatic heterocycles. The Kier molecular flexibility index (Phi) is 4.79. The van der Waals surface area contributed by atoms with Gasteiger partial charge in [-0.2, -0.15) is 0 Å². The highest BCUT2D eigenvalue weighted by atomic mass is 35.5. The molecular weight excluding hydrogens is 424 g/mol. The predicted octanol–water partition coefficient (Wildman–Crippen LogP) is 5.90. The summed E-state index contributed by atoms with van der Waals surface area (Å²) >= 11 is 6.23. The minimum atomic E-state index is -0.490. The van der Waals surface area contributed by atoms with Crippen LogP contribution in [-0.2, 0) is 11.0 Å². The van der Waals surface area contributed by atoms with E-state index in [4.69, 9.17) is 16.3 Å². The van der Waals surface area contributed by atoms with Crippen molar-refractivity contribution in [3.05, 3.63) is 76.6 Å². The quantitative estimate of drug-likeness (QED) is 0.499. The summed E-state index contributed by atoms with van der Waals surface area (Å²) in [6.45, 7) is 7.26. The lowest BCUT2D eigenvalue weighted by atomic mass is 9.85. The number of nitrogens with zero attached hydrogens (tertiary/aromatic N) is 2. The number of aromatic hydroxyl groups is 1. The lowest BCUT2D eigenvalue weighted by Gasteiger charge is -2.45. The Bertz CT molecular complexity index is 1210. The topological polar surface area (TPSA) is 54.7 Å². The van der Waals surface area contributed by atoms with Gasteiger partial charge in [-0.05, 0) is 47.4 Å². The standard InChI is InChI=1S/C26H27ClN2O3.H2/c1-25(2,3)19-8-6-17(15-21(19)30)24(31)28-13-10-26(11-14-28)23-5-4-12-29(23)20-9-7-18(27)16-22(20)32-26;/h4-9,12,15-16,30H,10-11,13-14H2,1-3H3;1H. The van der Waals surface area contributed by atoms with Gasteiger partial charge in [-0.15, -0.1) is 0 Å². The van der Waals surface area contributed by atoms with Crippen molar-refractivity contribution in [3.8, 4) is 17.2 Å². The molecule has 1 spiro atoms. The third-order valence-corrected chi connectivity index (χ3v) is 6.85. The van der Waals surface area contributed by atoms with E-state index in [0.29, 0.717) is 36.5 Å². The number of halogens is 1. The molecule has 5 nitrogen and oxygen atoms in total. The number of aromatic nitrogens is 1. The van der Waals surface area contributed by atoms with Crippen molar-refractivity contribution >= 4 is 17.5 Å². The smallest absolute Gasteiger partial charge is 0.253 e. The number of likely N-dealkylation sites (tertiary alicyclic amines) is 1. The van der Waals surface area contributed by atoms with Crippen LogP contribution in [0.4, 0.5) is 0 Å². The summed E-state index contributed by atoms with van der Waals surface area (Å²) < 4.78 is 8.71. The molecule has 1 amide bonds. The lowest BCUT2D eigenvalue weighted by Crippen LogP contribution is -2.50. The number of amides is 1. The maximum absolute atomic E-state index is 13.2. The normalized spacial score (nSPS) is 16.9. The van der Waals surface area contributed by atoms with Gasteiger partial charge in [0.25, 0.3) is 5.91 Å². The molecule has 0 atom stereocenters. The number of carbonyl (C=O) groups excluding carboxylic acids is 1. The van der Waals surface area contributed by atoms with E-state index in [2.05, 4.69) is 10.6 Å². The van der Waals surface area contributed by atoms with Gasteiger partial charge >= 0.3 is 0 Å². The van der Waals surface area contributed by atoms with E-state index >= 15 is 0 Å². The van der Waals surface area contributed by atoms with Crippen molar-refractivity contribution in [3.63, 3.8) is 0 Å². The Balaban J connectivity index is 0.00000259. The number of hydrogen-bond acceptors (Lipinski definition) is 3. The fourth-order valence-corrected chi connectivity index (χ4v) is 5.07. The number of phenols is 1. The Labute approximate surface area is 194 Å². The van der Waals surface area contributed by atoms with Crippen molar-refractivity contribution in [1.82, 2.24) is 9.47 Å². The van der Waals surface area contributed by atoms with Crippen LogP contribution in [0, 0.1) is 0 Å². The number of carbonyl (C=O) groups is 1. The van der Waals surface area contributed by atoms with Crippen LogP contribution in [0.15, 0.2) is 54.7 Å². The molecule has 3 aromatic rings. The van der Waals surface area contributed by atoms with Crippen LogP contribution in [0.1, 0.15) is 56.7 Å². The maximum atomic E-state index is 13.2. The molecule has 1 N–H and O–H groups in total. The zero-order valence-electron chi connectivity index (χ0n) is 18.6. The number of ether oxygens (including phenoxy) is 1. The van der Waals surface area contributed by atoms with Crippen molar-refractivity contribution in [1.29, 1.82) is 0 Å². The van der Waals surface area contributed by atoms with Gasteiger partial charge < -0.3 is 19.3 Å². The van der Waals surface area contributed by atoms with Gasteiger partial charge in [0.05, 0.1) is 11.4 Å². The fraction of sp³-hybridized carbons (Fsp3) is 0.346. The molecular formula is C26H29ClN2O3. The molecule has 1 saturated heterocycles. The Morgan fingerprint density at radius 2 is 1.88 bits per heavy atom. The zero-order chi connectivity index (χ0) is 22.7. The lowest BCUT2D eigenvalue weighted by molar-refractivity contribution is -0.00931. The fourth-order valence-electron chi connectivity index (χ4n) is 4.90. The molecule has 1 aromatic heterocycles. The third-order valence-electron chi connectivity index (χ3n) is 6.61. The third kappa shape index (κ3) is 3.36. The summed E-state index contributed by atoms with van der Waals surface area (Å²) in [6.07, 6.45) is 3.41. The van der Waals surface area contributed by atoms with Crippen LogP contribution < -0.4 is 4.74 Å². The number of phenolic OH excluding ortho intramolecular Hbond substituents is 1. The molecule has 6 heteroatoms. The van der Waals surface area contributed by atoms with E-state index in [0.717, 1.165) is 22.7 Å². The first-order chi connectivity index (χ1) is 15.2. The summed E-state index contributed by atoms with van der Waals surface area (Å²) in [6, 6.07) is 15.1. The number of benzene rings is 2. The summed E-state index contributed by atoms with van der Waals surface area (Å²) in [5, 5.41) is 11.1.